The minimum absolute atomic E-state index is 0.0147. The van der Waals surface area contributed by atoms with Crippen LogP contribution in [0.5, 0.6) is 0 Å². The molecular weight excluding hydrogens is 324 g/mol. The molecule has 4 heteroatoms. The Kier molecular flexibility index (Phi) is 6.05. The van der Waals surface area contributed by atoms with Gasteiger partial charge in [-0.3, -0.25) is 9.59 Å². The normalized spacial score (nSPS) is 14.2. The monoisotopic (exact) mass is 350 g/mol. The van der Waals surface area contributed by atoms with Gasteiger partial charge in [-0.05, 0) is 49.6 Å². The third-order valence-corrected chi connectivity index (χ3v) is 4.97. The van der Waals surface area contributed by atoms with Crippen molar-refractivity contribution in [3.05, 3.63) is 71.3 Å². The SMILES string of the molecule is CCN(Cc1ccccc1)C(=O)c1ccc(C(=O)NC2CCCC2)cc1. The maximum absolute atomic E-state index is 12.8. The van der Waals surface area contributed by atoms with Crippen LogP contribution in [0.1, 0.15) is 58.9 Å². The van der Waals surface area contributed by atoms with E-state index >= 15 is 0 Å². The lowest BCUT2D eigenvalue weighted by Gasteiger charge is -2.21. The van der Waals surface area contributed by atoms with E-state index in [0.717, 1.165) is 18.4 Å². The first-order valence-electron chi connectivity index (χ1n) is 9.41. The molecule has 0 radical (unpaired) electrons. The molecular formula is C22H26N2O2. The van der Waals surface area contributed by atoms with Gasteiger partial charge >= 0.3 is 0 Å². The quantitative estimate of drug-likeness (QED) is 0.855. The minimum atomic E-state index is -0.0486. The van der Waals surface area contributed by atoms with Crippen LogP contribution in [0.4, 0.5) is 0 Å². The Hall–Kier alpha value is -2.62. The van der Waals surface area contributed by atoms with Gasteiger partial charge in [0, 0.05) is 30.3 Å². The number of nitrogens with one attached hydrogen (secondary N) is 1. The van der Waals surface area contributed by atoms with E-state index in [4.69, 9.17) is 0 Å². The molecule has 1 saturated carbocycles. The summed E-state index contributed by atoms with van der Waals surface area (Å²) in [6, 6.07) is 17.2. The molecule has 2 amide bonds. The van der Waals surface area contributed by atoms with E-state index < -0.39 is 0 Å². The van der Waals surface area contributed by atoms with Crippen LogP contribution in [-0.4, -0.2) is 29.3 Å². The van der Waals surface area contributed by atoms with Crippen molar-refractivity contribution in [3.63, 3.8) is 0 Å². The molecule has 0 aliphatic heterocycles. The van der Waals surface area contributed by atoms with Crippen molar-refractivity contribution < 1.29 is 9.59 Å². The molecule has 1 aliphatic carbocycles. The maximum Gasteiger partial charge on any atom is 0.254 e. The van der Waals surface area contributed by atoms with Gasteiger partial charge in [-0.15, -0.1) is 0 Å². The summed E-state index contributed by atoms with van der Waals surface area (Å²) in [5.74, 6) is -0.0633. The van der Waals surface area contributed by atoms with Crippen LogP contribution in [-0.2, 0) is 6.54 Å². The summed E-state index contributed by atoms with van der Waals surface area (Å²) in [6.07, 6.45) is 4.50. The van der Waals surface area contributed by atoms with Crippen molar-refractivity contribution in [2.45, 2.75) is 45.2 Å². The smallest absolute Gasteiger partial charge is 0.254 e. The van der Waals surface area contributed by atoms with Crippen LogP contribution in [0, 0.1) is 0 Å². The van der Waals surface area contributed by atoms with Gasteiger partial charge in [0.05, 0.1) is 0 Å². The standard InChI is InChI=1S/C22H26N2O2/c1-2-24(16-17-8-4-3-5-9-17)22(26)19-14-12-18(13-15-19)21(25)23-20-10-6-7-11-20/h3-5,8-9,12-15,20H,2,6-7,10-11,16H2,1H3,(H,23,25). The van der Waals surface area contributed by atoms with Gasteiger partial charge in [-0.2, -0.15) is 0 Å². The number of amides is 2. The number of nitrogens with zero attached hydrogens (tertiary/aromatic N) is 1. The Balaban J connectivity index is 1.64. The van der Waals surface area contributed by atoms with Crippen molar-refractivity contribution in [2.24, 2.45) is 0 Å². The molecule has 0 aromatic heterocycles. The Labute approximate surface area is 155 Å². The van der Waals surface area contributed by atoms with Crippen LogP contribution in [0.2, 0.25) is 0 Å². The molecule has 0 saturated heterocycles. The number of carbonyl (C=O) groups excluding carboxylic acids is 2. The zero-order valence-electron chi connectivity index (χ0n) is 15.3. The highest BCUT2D eigenvalue weighted by Gasteiger charge is 2.19. The highest BCUT2D eigenvalue weighted by Crippen LogP contribution is 2.18. The Morgan fingerprint density at radius 3 is 2.19 bits per heavy atom. The number of hydrogen-bond donors (Lipinski definition) is 1. The van der Waals surface area contributed by atoms with Gasteiger partial charge in [-0.1, -0.05) is 43.2 Å². The zero-order chi connectivity index (χ0) is 18.4. The molecule has 0 bridgehead atoms. The van der Waals surface area contributed by atoms with E-state index in [0.29, 0.717) is 30.3 Å². The lowest BCUT2D eigenvalue weighted by atomic mass is 10.1. The van der Waals surface area contributed by atoms with E-state index in [1.165, 1.54) is 12.8 Å². The Morgan fingerprint density at radius 2 is 1.58 bits per heavy atom. The van der Waals surface area contributed by atoms with Crippen molar-refractivity contribution in [2.75, 3.05) is 6.54 Å². The average Bonchev–Trinajstić information content (AvgIpc) is 3.19. The molecule has 2 aromatic carbocycles. The summed E-state index contributed by atoms with van der Waals surface area (Å²) in [5.41, 5.74) is 2.33. The zero-order valence-corrected chi connectivity index (χ0v) is 15.3. The molecule has 26 heavy (non-hydrogen) atoms. The Bertz CT molecular complexity index is 734. The van der Waals surface area contributed by atoms with E-state index in [1.54, 1.807) is 24.3 Å². The minimum Gasteiger partial charge on any atom is -0.349 e. The summed E-state index contributed by atoms with van der Waals surface area (Å²) in [6.45, 7) is 3.20. The van der Waals surface area contributed by atoms with Crippen LogP contribution in [0.25, 0.3) is 0 Å². The van der Waals surface area contributed by atoms with Gasteiger partial charge in [-0.25, -0.2) is 0 Å². The third-order valence-electron chi connectivity index (χ3n) is 4.97. The van der Waals surface area contributed by atoms with Crippen molar-refractivity contribution >= 4 is 11.8 Å². The predicted molar refractivity (Wildman–Crippen MR) is 103 cm³/mol. The largest absolute Gasteiger partial charge is 0.349 e. The van der Waals surface area contributed by atoms with Crippen molar-refractivity contribution in [1.29, 1.82) is 0 Å². The predicted octanol–water partition coefficient (Wildman–Crippen LogP) is 4.02. The molecule has 3 rings (SSSR count). The fourth-order valence-corrected chi connectivity index (χ4v) is 3.42. The summed E-state index contributed by atoms with van der Waals surface area (Å²) in [5, 5.41) is 3.08. The highest BCUT2D eigenvalue weighted by atomic mass is 16.2. The molecule has 2 aromatic rings. The summed E-state index contributed by atoms with van der Waals surface area (Å²) < 4.78 is 0. The molecule has 0 atom stereocenters. The second-order valence-electron chi connectivity index (χ2n) is 6.84. The van der Waals surface area contributed by atoms with Crippen LogP contribution in [0.3, 0.4) is 0 Å². The van der Waals surface area contributed by atoms with Crippen LogP contribution < -0.4 is 5.32 Å². The van der Waals surface area contributed by atoms with E-state index in [2.05, 4.69) is 5.32 Å². The summed E-state index contributed by atoms with van der Waals surface area (Å²) >= 11 is 0. The molecule has 1 fully saturated rings. The number of rotatable bonds is 6. The molecule has 4 nitrogen and oxygen atoms in total. The van der Waals surface area contributed by atoms with E-state index in [1.807, 2.05) is 42.2 Å². The topological polar surface area (TPSA) is 49.4 Å². The lowest BCUT2D eigenvalue weighted by Crippen LogP contribution is -2.33. The number of hydrogen-bond acceptors (Lipinski definition) is 2. The molecule has 0 spiro atoms. The average molecular weight is 350 g/mol. The number of carbonyl (C=O) groups is 2. The van der Waals surface area contributed by atoms with Crippen LogP contribution in [0.15, 0.2) is 54.6 Å². The fourth-order valence-electron chi connectivity index (χ4n) is 3.42. The molecule has 136 valence electrons. The first-order chi connectivity index (χ1) is 12.7. The third kappa shape index (κ3) is 4.51. The highest BCUT2D eigenvalue weighted by molar-refractivity contribution is 5.97. The number of benzene rings is 2. The van der Waals surface area contributed by atoms with Gasteiger partial charge in [0.15, 0.2) is 0 Å². The van der Waals surface area contributed by atoms with Gasteiger partial charge in [0.25, 0.3) is 11.8 Å². The van der Waals surface area contributed by atoms with Gasteiger partial charge in [0.2, 0.25) is 0 Å². The van der Waals surface area contributed by atoms with Gasteiger partial charge in [0.1, 0.15) is 0 Å². The Morgan fingerprint density at radius 1 is 0.962 bits per heavy atom. The van der Waals surface area contributed by atoms with Crippen molar-refractivity contribution in [1.82, 2.24) is 10.2 Å². The van der Waals surface area contributed by atoms with Crippen molar-refractivity contribution in [3.8, 4) is 0 Å². The molecule has 0 heterocycles. The first kappa shape index (κ1) is 18.2. The second-order valence-corrected chi connectivity index (χ2v) is 6.84. The second kappa shape index (κ2) is 8.65. The fraction of sp³-hybridized carbons (Fsp3) is 0.364. The molecule has 1 N–H and O–H groups in total. The van der Waals surface area contributed by atoms with E-state index in [9.17, 15) is 9.59 Å². The van der Waals surface area contributed by atoms with Crippen LogP contribution >= 0.6 is 0 Å². The first-order valence-corrected chi connectivity index (χ1v) is 9.41. The van der Waals surface area contributed by atoms with Gasteiger partial charge < -0.3 is 10.2 Å². The molecule has 1 aliphatic rings. The molecule has 0 unspecified atom stereocenters. The lowest BCUT2D eigenvalue weighted by molar-refractivity contribution is 0.0752. The summed E-state index contributed by atoms with van der Waals surface area (Å²) in [7, 11) is 0. The maximum atomic E-state index is 12.8. The van der Waals surface area contributed by atoms with E-state index in [-0.39, 0.29) is 11.8 Å². The summed E-state index contributed by atoms with van der Waals surface area (Å²) in [4.78, 5) is 26.9.